The lowest BCUT2D eigenvalue weighted by Gasteiger charge is -2.24. The first-order valence-electron chi connectivity index (χ1n) is 15.5. The average Bonchev–Trinajstić information content (AvgIpc) is 3.38. The van der Waals surface area contributed by atoms with E-state index in [4.69, 9.17) is 23.9 Å². The van der Waals surface area contributed by atoms with E-state index in [1.807, 2.05) is 86.6 Å². The van der Waals surface area contributed by atoms with Gasteiger partial charge in [0, 0.05) is 0 Å². The van der Waals surface area contributed by atoms with Crippen LogP contribution in [0.15, 0.2) is 123 Å². The molecule has 2 heterocycles. The summed E-state index contributed by atoms with van der Waals surface area (Å²) in [6, 6.07) is 29.1. The Morgan fingerprint density at radius 1 is 0.896 bits per heavy atom. The first kappa shape index (κ1) is 33.0. The van der Waals surface area contributed by atoms with E-state index >= 15 is 0 Å². The third kappa shape index (κ3) is 7.14. The summed E-state index contributed by atoms with van der Waals surface area (Å²) in [5.74, 6) is 1.74. The molecule has 1 aliphatic heterocycles. The number of allylic oxidation sites excluding steroid dienone is 1. The first-order chi connectivity index (χ1) is 23.3. The predicted octanol–water partition coefficient (Wildman–Crippen LogP) is 6.77. The molecular weight excluding hydrogens is 692 g/mol. The van der Waals surface area contributed by atoms with Crippen LogP contribution < -0.4 is 33.8 Å². The van der Waals surface area contributed by atoms with Crippen molar-refractivity contribution in [3.63, 3.8) is 0 Å². The third-order valence-electron chi connectivity index (χ3n) is 7.62. The van der Waals surface area contributed by atoms with Gasteiger partial charge in [-0.1, -0.05) is 78.1 Å². The van der Waals surface area contributed by atoms with Gasteiger partial charge in [-0.15, -0.1) is 0 Å². The van der Waals surface area contributed by atoms with Gasteiger partial charge in [0.2, 0.25) is 0 Å². The number of aryl methyl sites for hydroxylation is 1. The van der Waals surface area contributed by atoms with Crippen molar-refractivity contribution in [1.82, 2.24) is 4.57 Å². The molecule has 0 saturated heterocycles. The lowest BCUT2D eigenvalue weighted by atomic mass is 9.96. The molecular formula is C38H33BrN2O6S. The largest absolute Gasteiger partial charge is 0.490 e. The second-order valence-electron chi connectivity index (χ2n) is 10.9. The number of aromatic nitrogens is 1. The summed E-state index contributed by atoms with van der Waals surface area (Å²) < 4.78 is 26.4. The van der Waals surface area contributed by atoms with Gasteiger partial charge in [0.05, 0.1) is 32.9 Å². The smallest absolute Gasteiger partial charge is 0.343 e. The number of esters is 1. The third-order valence-corrected chi connectivity index (χ3v) is 9.19. The summed E-state index contributed by atoms with van der Waals surface area (Å²) in [7, 11) is 0. The summed E-state index contributed by atoms with van der Waals surface area (Å²) in [6.07, 6.45) is 1.80. The van der Waals surface area contributed by atoms with Gasteiger partial charge in [0.15, 0.2) is 16.3 Å². The highest BCUT2D eigenvalue weighted by Gasteiger charge is 2.33. The van der Waals surface area contributed by atoms with Crippen molar-refractivity contribution in [3.05, 3.63) is 149 Å². The maximum absolute atomic E-state index is 14.1. The number of para-hydroxylation sites is 2. The van der Waals surface area contributed by atoms with Gasteiger partial charge >= 0.3 is 5.97 Å². The molecule has 1 aromatic heterocycles. The Bertz CT molecular complexity index is 2160. The lowest BCUT2D eigenvalue weighted by Crippen LogP contribution is -2.40. The summed E-state index contributed by atoms with van der Waals surface area (Å²) in [5.41, 5.74) is 3.08. The number of carbonyl (C=O) groups excluding carboxylic acids is 1. The monoisotopic (exact) mass is 724 g/mol. The Morgan fingerprint density at radius 2 is 1.58 bits per heavy atom. The normalized spacial score (nSPS) is 14.2. The fourth-order valence-corrected chi connectivity index (χ4v) is 7.04. The fraction of sp³-hybridized carbons (Fsp3) is 0.184. The minimum absolute atomic E-state index is 0.270. The Labute approximate surface area is 290 Å². The molecule has 0 bridgehead atoms. The molecule has 244 valence electrons. The van der Waals surface area contributed by atoms with Crippen LogP contribution >= 0.6 is 27.3 Å². The van der Waals surface area contributed by atoms with Crippen LogP contribution in [0.4, 0.5) is 0 Å². The molecule has 6 rings (SSSR count). The van der Waals surface area contributed by atoms with Crippen LogP contribution in [-0.2, 0) is 4.79 Å². The van der Waals surface area contributed by atoms with Crippen molar-refractivity contribution in [1.29, 1.82) is 0 Å². The first-order valence-corrected chi connectivity index (χ1v) is 17.1. The van der Waals surface area contributed by atoms with Crippen molar-refractivity contribution < 1.29 is 23.7 Å². The van der Waals surface area contributed by atoms with E-state index in [1.165, 1.54) is 11.3 Å². The van der Waals surface area contributed by atoms with Crippen molar-refractivity contribution in [2.45, 2.75) is 26.8 Å². The molecule has 4 aromatic carbocycles. The zero-order chi connectivity index (χ0) is 33.6. The van der Waals surface area contributed by atoms with Crippen molar-refractivity contribution in [3.8, 4) is 23.0 Å². The molecule has 0 fully saturated rings. The fourth-order valence-electron chi connectivity index (χ4n) is 5.42. The Balaban J connectivity index is 1.33. The minimum atomic E-state index is -0.718. The summed E-state index contributed by atoms with van der Waals surface area (Å²) >= 11 is 4.90. The van der Waals surface area contributed by atoms with Crippen molar-refractivity contribution in [2.75, 3.05) is 19.8 Å². The number of carbonyl (C=O) groups is 1. The number of rotatable bonds is 11. The number of nitrogens with zero attached hydrogens (tertiary/aromatic N) is 2. The summed E-state index contributed by atoms with van der Waals surface area (Å²) in [5, 5.41) is 0. The number of fused-ring (bicyclic) bond motifs is 1. The molecule has 10 heteroatoms. The SMILES string of the molecule is CCOc1cc(/C=c2\sc3n(c2=O)[C@H](c2ccccc2)C(C(=O)Oc2ccccc2)=C(C)N=3)cc(Br)c1OCCOc1ccccc1C. The predicted molar refractivity (Wildman–Crippen MR) is 190 cm³/mol. The van der Waals surface area contributed by atoms with Crippen LogP contribution in [0.2, 0.25) is 0 Å². The van der Waals surface area contributed by atoms with Gasteiger partial charge < -0.3 is 18.9 Å². The molecule has 1 aliphatic rings. The van der Waals surface area contributed by atoms with Crippen molar-refractivity contribution in [2.24, 2.45) is 4.99 Å². The van der Waals surface area contributed by atoms with Gasteiger partial charge in [-0.2, -0.15) is 0 Å². The highest BCUT2D eigenvalue weighted by molar-refractivity contribution is 9.10. The number of thiazole rings is 1. The second kappa shape index (κ2) is 14.9. The highest BCUT2D eigenvalue weighted by atomic mass is 79.9. The van der Waals surface area contributed by atoms with Crippen LogP contribution in [-0.4, -0.2) is 30.4 Å². The molecule has 8 nitrogen and oxygen atoms in total. The number of benzene rings is 4. The van der Waals surface area contributed by atoms with Crippen LogP contribution in [0.25, 0.3) is 6.08 Å². The Kier molecular flexibility index (Phi) is 10.2. The Morgan fingerprint density at radius 3 is 2.31 bits per heavy atom. The van der Waals surface area contributed by atoms with E-state index in [0.717, 1.165) is 22.4 Å². The molecule has 48 heavy (non-hydrogen) atoms. The van der Waals surface area contributed by atoms with Gasteiger partial charge in [-0.25, -0.2) is 9.79 Å². The van der Waals surface area contributed by atoms with Crippen LogP contribution in [0.3, 0.4) is 0 Å². The van der Waals surface area contributed by atoms with E-state index < -0.39 is 12.0 Å². The highest BCUT2D eigenvalue weighted by Crippen LogP contribution is 2.37. The molecule has 0 spiro atoms. The number of hydrogen-bond acceptors (Lipinski definition) is 8. The molecule has 0 aliphatic carbocycles. The number of ether oxygens (including phenoxy) is 4. The van der Waals surface area contributed by atoms with Gasteiger partial charge in [0.25, 0.3) is 5.56 Å². The maximum atomic E-state index is 14.1. The molecule has 0 radical (unpaired) electrons. The molecule has 0 amide bonds. The van der Waals surface area contributed by atoms with E-state index in [9.17, 15) is 9.59 Å². The Hall–Kier alpha value is -4.93. The zero-order valence-corrected chi connectivity index (χ0v) is 29.0. The molecule has 5 aromatic rings. The molecule has 1 atom stereocenters. The van der Waals surface area contributed by atoms with Crippen LogP contribution in [0.1, 0.15) is 36.6 Å². The summed E-state index contributed by atoms with van der Waals surface area (Å²) in [4.78, 5) is 33.0. The van der Waals surface area contributed by atoms with Crippen molar-refractivity contribution >= 4 is 39.3 Å². The van der Waals surface area contributed by atoms with E-state index in [-0.39, 0.29) is 5.56 Å². The second-order valence-corrected chi connectivity index (χ2v) is 12.8. The van der Waals surface area contributed by atoms with E-state index in [2.05, 4.69) is 15.9 Å². The maximum Gasteiger partial charge on any atom is 0.343 e. The van der Waals surface area contributed by atoms with Crippen LogP contribution in [0, 0.1) is 6.92 Å². The van der Waals surface area contributed by atoms with E-state index in [1.54, 1.807) is 41.8 Å². The van der Waals surface area contributed by atoms with Crippen LogP contribution in [0.5, 0.6) is 23.0 Å². The topological polar surface area (TPSA) is 88.4 Å². The molecule has 0 saturated carbocycles. The molecule has 0 unspecified atom stereocenters. The minimum Gasteiger partial charge on any atom is -0.490 e. The van der Waals surface area contributed by atoms with Gasteiger partial charge in [0.1, 0.15) is 24.7 Å². The zero-order valence-electron chi connectivity index (χ0n) is 26.6. The van der Waals surface area contributed by atoms with Gasteiger partial charge in [-0.05, 0) is 89.8 Å². The quantitative estimate of drug-likeness (QED) is 0.0850. The molecule has 0 N–H and O–H groups in total. The van der Waals surface area contributed by atoms with Gasteiger partial charge in [-0.3, -0.25) is 9.36 Å². The lowest BCUT2D eigenvalue weighted by molar-refractivity contribution is -0.130. The number of hydrogen-bond donors (Lipinski definition) is 0. The number of halogens is 1. The standard InChI is InChI=1S/C38H33BrN2O6S/c1-4-44-31-22-26(21-29(39)35(31)46-20-19-45-30-18-12-11-13-24(30)2)23-32-36(42)41-34(27-14-7-5-8-15-27)33(25(3)40-38(41)48-32)37(43)47-28-16-9-6-10-17-28/h5-18,21-23,34H,4,19-20H2,1-3H3/b32-23-/t34-/m1/s1. The average molecular weight is 726 g/mol. The summed E-state index contributed by atoms with van der Waals surface area (Å²) in [6.45, 7) is 6.75. The van der Waals surface area contributed by atoms with E-state index in [0.29, 0.717) is 62.1 Å².